The number of fused-ring (bicyclic) bond motifs is 1. The average molecular weight is 351 g/mol. The summed E-state index contributed by atoms with van der Waals surface area (Å²) in [6.07, 6.45) is 0.801. The second kappa shape index (κ2) is 8.63. The van der Waals surface area contributed by atoms with Gasteiger partial charge in [-0.15, -0.1) is 0 Å². The summed E-state index contributed by atoms with van der Waals surface area (Å²) >= 11 is 0. The summed E-state index contributed by atoms with van der Waals surface area (Å²) < 4.78 is 7.65. The minimum absolute atomic E-state index is 0.0591. The first-order valence-corrected chi connectivity index (χ1v) is 9.05. The van der Waals surface area contributed by atoms with Crippen LogP contribution in [-0.4, -0.2) is 28.7 Å². The molecule has 3 aromatic rings. The first-order valence-electron chi connectivity index (χ1n) is 9.05. The lowest BCUT2D eigenvalue weighted by molar-refractivity contribution is -0.126. The first kappa shape index (κ1) is 18.1. The molecule has 0 spiro atoms. The summed E-state index contributed by atoms with van der Waals surface area (Å²) in [4.78, 5) is 16.9. The molecule has 2 aromatic carbocycles. The number of nitrogens with zero attached hydrogens (tertiary/aromatic N) is 2. The lowest BCUT2D eigenvalue weighted by atomic mass is 10.2. The maximum atomic E-state index is 12.2. The van der Waals surface area contributed by atoms with E-state index in [0.29, 0.717) is 6.61 Å². The molecule has 0 aliphatic rings. The van der Waals surface area contributed by atoms with Crippen molar-refractivity contribution in [3.8, 4) is 0 Å². The van der Waals surface area contributed by atoms with Gasteiger partial charge in [-0.3, -0.25) is 4.79 Å². The molecule has 0 saturated heterocycles. The monoisotopic (exact) mass is 351 g/mol. The molecular weight excluding hydrogens is 326 g/mol. The number of benzene rings is 2. The van der Waals surface area contributed by atoms with E-state index in [2.05, 4.69) is 40.0 Å². The van der Waals surface area contributed by atoms with Gasteiger partial charge >= 0.3 is 0 Å². The molecule has 5 heteroatoms. The van der Waals surface area contributed by atoms with Gasteiger partial charge in [0.25, 0.3) is 0 Å². The fraction of sp³-hybridized carbons (Fsp3) is 0.333. The number of para-hydroxylation sites is 2. The molecule has 1 aromatic heterocycles. The van der Waals surface area contributed by atoms with Crippen molar-refractivity contribution >= 4 is 16.9 Å². The van der Waals surface area contributed by atoms with Crippen LogP contribution >= 0.6 is 0 Å². The third-order valence-corrected chi connectivity index (χ3v) is 4.38. The number of aryl methyl sites for hydroxylation is 1. The number of rotatable bonds is 8. The minimum Gasteiger partial charge on any atom is -0.371 e. The molecule has 0 aliphatic carbocycles. The largest absolute Gasteiger partial charge is 0.371 e. The summed E-state index contributed by atoms with van der Waals surface area (Å²) in [7, 11) is 0. The highest BCUT2D eigenvalue weighted by molar-refractivity contribution is 5.78. The van der Waals surface area contributed by atoms with Crippen molar-refractivity contribution in [1.29, 1.82) is 0 Å². The number of carbonyl (C=O) groups is 1. The van der Waals surface area contributed by atoms with E-state index >= 15 is 0 Å². The molecule has 0 saturated carbocycles. The third-order valence-electron chi connectivity index (χ3n) is 4.38. The van der Waals surface area contributed by atoms with Gasteiger partial charge in [0.2, 0.25) is 5.91 Å². The number of hydrogen-bond donors (Lipinski definition) is 1. The molecule has 5 nitrogen and oxygen atoms in total. The van der Waals surface area contributed by atoms with Gasteiger partial charge in [-0.25, -0.2) is 4.98 Å². The number of carbonyl (C=O) groups excluding carboxylic acids is 1. The van der Waals surface area contributed by atoms with Crippen molar-refractivity contribution in [1.82, 2.24) is 14.9 Å². The van der Waals surface area contributed by atoms with Crippen LogP contribution in [0, 0.1) is 0 Å². The zero-order chi connectivity index (χ0) is 18.4. The van der Waals surface area contributed by atoms with Crippen LogP contribution in [-0.2, 0) is 22.5 Å². The van der Waals surface area contributed by atoms with Gasteiger partial charge in [0.15, 0.2) is 0 Å². The predicted octanol–water partition coefficient (Wildman–Crippen LogP) is 3.49. The van der Waals surface area contributed by atoms with Crippen molar-refractivity contribution in [3.63, 3.8) is 0 Å². The van der Waals surface area contributed by atoms with E-state index in [0.717, 1.165) is 29.8 Å². The quantitative estimate of drug-likeness (QED) is 0.632. The summed E-state index contributed by atoms with van der Waals surface area (Å²) in [6.45, 7) is 5.43. The SMILES string of the molecule is CCn1c(C(C)NC(=O)COCCc2ccccc2)nc2ccccc21. The molecule has 0 bridgehead atoms. The Hall–Kier alpha value is -2.66. The normalized spacial score (nSPS) is 12.2. The highest BCUT2D eigenvalue weighted by Gasteiger charge is 2.17. The molecule has 3 rings (SSSR count). The lowest BCUT2D eigenvalue weighted by Gasteiger charge is -2.15. The van der Waals surface area contributed by atoms with E-state index in [1.807, 2.05) is 43.3 Å². The summed E-state index contributed by atoms with van der Waals surface area (Å²) in [6, 6.07) is 18.0. The predicted molar refractivity (Wildman–Crippen MR) is 103 cm³/mol. The van der Waals surface area contributed by atoms with E-state index in [9.17, 15) is 4.79 Å². The van der Waals surface area contributed by atoms with Gasteiger partial charge in [-0.2, -0.15) is 0 Å². The van der Waals surface area contributed by atoms with Crippen LogP contribution in [0.25, 0.3) is 11.0 Å². The third kappa shape index (κ3) is 4.29. The summed E-state index contributed by atoms with van der Waals surface area (Å²) in [5, 5.41) is 2.98. The van der Waals surface area contributed by atoms with Crippen LogP contribution in [0.2, 0.25) is 0 Å². The van der Waals surface area contributed by atoms with Crippen LogP contribution in [0.3, 0.4) is 0 Å². The van der Waals surface area contributed by atoms with Crippen molar-refractivity contribution in [2.75, 3.05) is 13.2 Å². The number of imidazole rings is 1. The van der Waals surface area contributed by atoms with Gasteiger partial charge < -0.3 is 14.6 Å². The van der Waals surface area contributed by atoms with Gasteiger partial charge in [0.1, 0.15) is 12.4 Å². The van der Waals surface area contributed by atoms with Gasteiger partial charge in [0.05, 0.1) is 23.7 Å². The van der Waals surface area contributed by atoms with E-state index in [1.165, 1.54) is 5.56 Å². The van der Waals surface area contributed by atoms with Crippen LogP contribution < -0.4 is 5.32 Å². The van der Waals surface area contributed by atoms with E-state index < -0.39 is 0 Å². The van der Waals surface area contributed by atoms with E-state index in [1.54, 1.807) is 0 Å². The molecule has 1 heterocycles. The topological polar surface area (TPSA) is 56.2 Å². The molecule has 1 amide bonds. The second-order valence-corrected chi connectivity index (χ2v) is 6.28. The van der Waals surface area contributed by atoms with Crippen LogP contribution in [0.5, 0.6) is 0 Å². The maximum absolute atomic E-state index is 12.2. The van der Waals surface area contributed by atoms with Crippen LogP contribution in [0.1, 0.15) is 31.3 Å². The summed E-state index contributed by atoms with van der Waals surface area (Å²) in [5.74, 6) is 0.742. The van der Waals surface area contributed by atoms with E-state index in [4.69, 9.17) is 4.74 Å². The number of hydrogen-bond acceptors (Lipinski definition) is 3. The van der Waals surface area contributed by atoms with Gasteiger partial charge in [-0.1, -0.05) is 42.5 Å². The Bertz CT molecular complexity index is 858. The zero-order valence-corrected chi connectivity index (χ0v) is 15.3. The molecule has 1 N–H and O–H groups in total. The molecule has 26 heavy (non-hydrogen) atoms. The smallest absolute Gasteiger partial charge is 0.246 e. The van der Waals surface area contributed by atoms with Crippen molar-refractivity contribution < 1.29 is 9.53 Å². The van der Waals surface area contributed by atoms with Gasteiger partial charge in [-0.05, 0) is 38.0 Å². The Morgan fingerprint density at radius 3 is 2.65 bits per heavy atom. The summed E-state index contributed by atoms with van der Waals surface area (Å²) in [5.41, 5.74) is 3.24. The van der Waals surface area contributed by atoms with Crippen molar-refractivity contribution in [2.24, 2.45) is 0 Å². The standard InChI is InChI=1S/C21H25N3O2/c1-3-24-19-12-8-7-11-18(19)23-21(24)16(2)22-20(25)15-26-14-13-17-9-5-4-6-10-17/h4-12,16H,3,13-15H2,1-2H3,(H,22,25). The molecule has 0 fully saturated rings. The Morgan fingerprint density at radius 1 is 1.15 bits per heavy atom. The number of ether oxygens (including phenoxy) is 1. The Kier molecular flexibility index (Phi) is 6.02. The average Bonchev–Trinajstić information content (AvgIpc) is 3.05. The first-order chi connectivity index (χ1) is 12.7. The Labute approximate surface area is 154 Å². The van der Waals surface area contributed by atoms with Crippen LogP contribution in [0.15, 0.2) is 54.6 Å². The van der Waals surface area contributed by atoms with Crippen molar-refractivity contribution in [3.05, 3.63) is 66.0 Å². The molecule has 136 valence electrons. The Balaban J connectivity index is 1.53. The number of nitrogens with one attached hydrogen (secondary N) is 1. The number of aromatic nitrogens is 2. The maximum Gasteiger partial charge on any atom is 0.246 e. The number of amides is 1. The van der Waals surface area contributed by atoms with Crippen LogP contribution in [0.4, 0.5) is 0 Å². The molecule has 0 radical (unpaired) electrons. The fourth-order valence-electron chi connectivity index (χ4n) is 3.10. The fourth-order valence-corrected chi connectivity index (χ4v) is 3.10. The zero-order valence-electron chi connectivity index (χ0n) is 15.3. The molecule has 1 atom stereocenters. The lowest BCUT2D eigenvalue weighted by Crippen LogP contribution is -2.32. The van der Waals surface area contributed by atoms with Gasteiger partial charge in [0, 0.05) is 6.54 Å². The van der Waals surface area contributed by atoms with E-state index in [-0.39, 0.29) is 18.6 Å². The molecule has 1 unspecified atom stereocenters. The second-order valence-electron chi connectivity index (χ2n) is 6.28. The van der Waals surface area contributed by atoms with Crippen molar-refractivity contribution in [2.45, 2.75) is 32.9 Å². The minimum atomic E-state index is -0.174. The molecule has 0 aliphatic heterocycles. The highest BCUT2D eigenvalue weighted by Crippen LogP contribution is 2.20. The molecular formula is C21H25N3O2. The highest BCUT2D eigenvalue weighted by atomic mass is 16.5. The Morgan fingerprint density at radius 2 is 1.88 bits per heavy atom.